The predicted molar refractivity (Wildman–Crippen MR) is 64.6 cm³/mol. The molecule has 2 rings (SSSR count). The number of nitrogen functional groups attached to an aromatic ring is 2. The van der Waals surface area contributed by atoms with Gasteiger partial charge >= 0.3 is 5.69 Å². The Balaban J connectivity index is 2.42. The lowest BCUT2D eigenvalue weighted by Gasteiger charge is -2.13. The first kappa shape index (κ1) is 11.6. The Morgan fingerprint density at radius 1 is 1.59 bits per heavy atom. The van der Waals surface area contributed by atoms with Crippen LogP contribution in [0.1, 0.15) is 17.9 Å². The average Bonchev–Trinajstić information content (AvgIpc) is 2.64. The zero-order chi connectivity index (χ0) is 12.6. The second-order valence-electron chi connectivity index (χ2n) is 4.37. The van der Waals surface area contributed by atoms with E-state index in [2.05, 4.69) is 9.88 Å². The number of hydrogen-bond acceptors (Lipinski definition) is 6. The van der Waals surface area contributed by atoms with Crippen molar-refractivity contribution in [3.8, 4) is 0 Å². The minimum Gasteiger partial charge on any atom is -0.393 e. The van der Waals surface area contributed by atoms with Crippen LogP contribution < -0.4 is 11.5 Å². The SMILES string of the molecule is CN1CC[C@@H](c2cnc(N)c([N+](=O)[O-])c2N)C1. The van der Waals surface area contributed by atoms with E-state index < -0.39 is 4.92 Å². The monoisotopic (exact) mass is 237 g/mol. The van der Waals surface area contributed by atoms with Crippen molar-refractivity contribution in [1.82, 2.24) is 9.88 Å². The van der Waals surface area contributed by atoms with Crippen molar-refractivity contribution >= 4 is 17.2 Å². The van der Waals surface area contributed by atoms with E-state index in [4.69, 9.17) is 11.5 Å². The van der Waals surface area contributed by atoms with Crippen LogP contribution in [0.3, 0.4) is 0 Å². The highest BCUT2D eigenvalue weighted by Crippen LogP contribution is 2.36. The number of aromatic nitrogens is 1. The Bertz CT molecular complexity index is 462. The van der Waals surface area contributed by atoms with Gasteiger partial charge in [0, 0.05) is 24.2 Å². The zero-order valence-electron chi connectivity index (χ0n) is 9.59. The van der Waals surface area contributed by atoms with Crippen molar-refractivity contribution in [2.45, 2.75) is 12.3 Å². The predicted octanol–water partition coefficient (Wildman–Crippen LogP) is 0.573. The Kier molecular flexibility index (Phi) is 2.84. The van der Waals surface area contributed by atoms with Gasteiger partial charge in [-0.3, -0.25) is 10.1 Å². The second-order valence-corrected chi connectivity index (χ2v) is 4.37. The second kappa shape index (κ2) is 4.17. The molecule has 1 aliphatic heterocycles. The number of hydrogen-bond donors (Lipinski definition) is 2. The highest BCUT2D eigenvalue weighted by molar-refractivity contribution is 5.72. The maximum Gasteiger partial charge on any atom is 0.334 e. The molecule has 7 heteroatoms. The van der Waals surface area contributed by atoms with Crippen molar-refractivity contribution in [3.05, 3.63) is 21.9 Å². The van der Waals surface area contributed by atoms with Crippen LogP contribution in [0.15, 0.2) is 6.20 Å². The van der Waals surface area contributed by atoms with E-state index in [-0.39, 0.29) is 23.1 Å². The topological polar surface area (TPSA) is 111 Å². The summed E-state index contributed by atoms with van der Waals surface area (Å²) in [4.78, 5) is 16.3. The summed E-state index contributed by atoms with van der Waals surface area (Å²) in [6.07, 6.45) is 2.49. The number of pyridine rings is 1. The molecule has 0 spiro atoms. The van der Waals surface area contributed by atoms with E-state index in [0.717, 1.165) is 25.1 Å². The first-order chi connectivity index (χ1) is 8.00. The molecule has 1 aromatic heterocycles. The number of likely N-dealkylation sites (tertiary alicyclic amines) is 1. The Morgan fingerprint density at radius 3 is 2.82 bits per heavy atom. The van der Waals surface area contributed by atoms with Gasteiger partial charge < -0.3 is 16.4 Å². The van der Waals surface area contributed by atoms with Gasteiger partial charge in [-0.15, -0.1) is 0 Å². The van der Waals surface area contributed by atoms with Crippen LogP contribution >= 0.6 is 0 Å². The quantitative estimate of drug-likeness (QED) is 0.574. The molecule has 0 saturated carbocycles. The summed E-state index contributed by atoms with van der Waals surface area (Å²) in [5, 5.41) is 10.9. The number of rotatable bonds is 2. The summed E-state index contributed by atoms with van der Waals surface area (Å²) < 4.78 is 0. The molecule has 1 fully saturated rings. The fourth-order valence-corrected chi connectivity index (χ4v) is 2.25. The Hall–Kier alpha value is -1.89. The summed E-state index contributed by atoms with van der Waals surface area (Å²) in [6, 6.07) is 0. The van der Waals surface area contributed by atoms with Gasteiger partial charge in [0.15, 0.2) is 0 Å². The number of nitrogens with zero attached hydrogens (tertiary/aromatic N) is 3. The standard InChI is InChI=1S/C10H15N5O2/c1-14-3-2-6(5-14)7-4-13-10(12)9(8(7)11)15(16)17/h4,6H,2-3,5H2,1H3,(H4,11,12,13)/t6-/m1/s1. The molecule has 0 radical (unpaired) electrons. The molecule has 1 saturated heterocycles. The third-order valence-corrected chi connectivity index (χ3v) is 3.17. The minimum absolute atomic E-state index is 0.123. The van der Waals surface area contributed by atoms with E-state index in [1.165, 1.54) is 0 Å². The first-order valence-electron chi connectivity index (χ1n) is 5.37. The van der Waals surface area contributed by atoms with Gasteiger partial charge in [-0.1, -0.05) is 0 Å². The van der Waals surface area contributed by atoms with Gasteiger partial charge in [0.1, 0.15) is 5.69 Å². The van der Waals surface area contributed by atoms with Crippen LogP contribution in [-0.2, 0) is 0 Å². The van der Waals surface area contributed by atoms with E-state index in [9.17, 15) is 10.1 Å². The molecule has 1 aliphatic rings. The molecule has 1 atom stereocenters. The van der Waals surface area contributed by atoms with E-state index >= 15 is 0 Å². The smallest absolute Gasteiger partial charge is 0.334 e. The lowest BCUT2D eigenvalue weighted by Crippen LogP contribution is -2.14. The average molecular weight is 237 g/mol. The number of likely N-dealkylation sites (N-methyl/N-ethyl adjacent to an activating group) is 1. The summed E-state index contributed by atoms with van der Waals surface area (Å²) in [5.74, 6) is 0.0781. The maximum absolute atomic E-state index is 10.9. The van der Waals surface area contributed by atoms with Crippen molar-refractivity contribution in [1.29, 1.82) is 0 Å². The minimum atomic E-state index is -0.570. The lowest BCUT2D eigenvalue weighted by molar-refractivity contribution is -0.383. The summed E-state index contributed by atoms with van der Waals surface area (Å²) >= 11 is 0. The molecule has 92 valence electrons. The molecule has 0 aliphatic carbocycles. The molecule has 0 bridgehead atoms. The Morgan fingerprint density at radius 2 is 2.29 bits per heavy atom. The van der Waals surface area contributed by atoms with E-state index in [1.807, 2.05) is 7.05 Å². The maximum atomic E-state index is 10.9. The highest BCUT2D eigenvalue weighted by Gasteiger charge is 2.28. The normalized spacial score (nSPS) is 20.6. The molecule has 0 unspecified atom stereocenters. The van der Waals surface area contributed by atoms with Crippen LogP contribution in [0.25, 0.3) is 0 Å². The fraction of sp³-hybridized carbons (Fsp3) is 0.500. The van der Waals surface area contributed by atoms with Crippen LogP contribution in [0.2, 0.25) is 0 Å². The molecule has 1 aromatic rings. The zero-order valence-corrected chi connectivity index (χ0v) is 9.59. The summed E-state index contributed by atoms with van der Waals surface area (Å²) in [6.45, 7) is 1.80. The lowest BCUT2D eigenvalue weighted by atomic mass is 9.98. The van der Waals surface area contributed by atoms with Gasteiger partial charge in [-0.2, -0.15) is 0 Å². The number of anilines is 2. The molecular weight excluding hydrogens is 222 g/mol. The van der Waals surface area contributed by atoms with Crippen LogP contribution in [-0.4, -0.2) is 34.9 Å². The van der Waals surface area contributed by atoms with E-state index in [0.29, 0.717) is 0 Å². The molecule has 0 amide bonds. The van der Waals surface area contributed by atoms with Crippen molar-refractivity contribution in [2.75, 3.05) is 31.6 Å². The third kappa shape index (κ3) is 2.01. The highest BCUT2D eigenvalue weighted by atomic mass is 16.6. The number of nitro groups is 1. The molecule has 17 heavy (non-hydrogen) atoms. The summed E-state index contributed by atoms with van der Waals surface area (Å²) in [5.41, 5.74) is 11.9. The number of nitrogens with two attached hydrogens (primary N) is 2. The van der Waals surface area contributed by atoms with Crippen molar-refractivity contribution in [3.63, 3.8) is 0 Å². The van der Waals surface area contributed by atoms with Gasteiger partial charge in [0.2, 0.25) is 5.82 Å². The van der Waals surface area contributed by atoms with Crippen LogP contribution in [0.4, 0.5) is 17.2 Å². The largest absolute Gasteiger partial charge is 0.393 e. The van der Waals surface area contributed by atoms with Crippen molar-refractivity contribution < 1.29 is 4.92 Å². The fourth-order valence-electron chi connectivity index (χ4n) is 2.25. The molecule has 4 N–H and O–H groups in total. The molecule has 0 aromatic carbocycles. The first-order valence-corrected chi connectivity index (χ1v) is 5.37. The van der Waals surface area contributed by atoms with Gasteiger partial charge in [-0.25, -0.2) is 4.98 Å². The summed E-state index contributed by atoms with van der Waals surface area (Å²) in [7, 11) is 2.01. The van der Waals surface area contributed by atoms with E-state index in [1.54, 1.807) is 6.20 Å². The molecule has 7 nitrogen and oxygen atoms in total. The van der Waals surface area contributed by atoms with Crippen LogP contribution in [0.5, 0.6) is 0 Å². The van der Waals surface area contributed by atoms with Crippen molar-refractivity contribution in [2.24, 2.45) is 0 Å². The van der Waals surface area contributed by atoms with Crippen LogP contribution in [0, 0.1) is 10.1 Å². The molecule has 2 heterocycles. The van der Waals surface area contributed by atoms with Gasteiger partial charge in [0.25, 0.3) is 0 Å². The Labute approximate surface area is 98.6 Å². The third-order valence-electron chi connectivity index (χ3n) is 3.17. The van der Waals surface area contributed by atoms with Gasteiger partial charge in [0.05, 0.1) is 4.92 Å². The van der Waals surface area contributed by atoms with Gasteiger partial charge in [-0.05, 0) is 20.0 Å². The molecular formula is C10H15N5O2.